The fraction of sp³-hybridized carbons (Fsp3) is 0.235. The van der Waals surface area contributed by atoms with Crippen molar-refractivity contribution in [3.8, 4) is 11.1 Å². The summed E-state index contributed by atoms with van der Waals surface area (Å²) in [7, 11) is 0. The molecule has 0 saturated heterocycles. The molecule has 37 heavy (non-hydrogen) atoms. The Morgan fingerprint density at radius 2 is 1.35 bits per heavy atom. The van der Waals surface area contributed by atoms with Crippen molar-refractivity contribution in [3.63, 3.8) is 0 Å². The molecule has 0 atom stereocenters. The summed E-state index contributed by atoms with van der Waals surface area (Å²) in [5.74, 6) is -0.569. The number of fused-ring (bicyclic) bond motifs is 1. The Labute approximate surface area is 231 Å². The molecule has 0 amide bonds. The third-order valence-electron chi connectivity index (χ3n) is 6.58. The first-order valence-electron chi connectivity index (χ1n) is 14.9. The molecule has 1 aromatic heterocycles. The average molecular weight is 513 g/mol. The summed E-state index contributed by atoms with van der Waals surface area (Å²) in [6.45, 7) is 13.0. The molecule has 0 radical (unpaired) electrons. The normalized spacial score (nSPS) is 14.1. The molecule has 0 aliphatic carbocycles. The van der Waals surface area contributed by atoms with Gasteiger partial charge in [-0.15, -0.1) is 11.3 Å². The van der Waals surface area contributed by atoms with Crippen LogP contribution in [-0.2, 0) is 10.8 Å². The third-order valence-corrected chi connectivity index (χ3v) is 7.53. The van der Waals surface area contributed by atoms with Crippen LogP contribution in [0.2, 0.25) is 0 Å². The molecular weight excluding hydrogens is 473 g/mol. The van der Waals surface area contributed by atoms with Crippen LogP contribution < -0.4 is 4.90 Å². The van der Waals surface area contributed by atoms with Gasteiger partial charge in [0.15, 0.2) is 0 Å². The molecule has 3 heteroatoms. The molecule has 0 aliphatic heterocycles. The minimum Gasteiger partial charge on any atom is -0.309 e. The van der Waals surface area contributed by atoms with Crippen molar-refractivity contribution in [1.29, 1.82) is 0 Å². The van der Waals surface area contributed by atoms with E-state index in [1.807, 2.05) is 17.0 Å². The highest BCUT2D eigenvalue weighted by molar-refractivity contribution is 7.17. The van der Waals surface area contributed by atoms with E-state index >= 15 is 4.39 Å². The first-order chi connectivity index (χ1) is 19.6. The van der Waals surface area contributed by atoms with Gasteiger partial charge < -0.3 is 4.90 Å². The molecule has 0 spiro atoms. The van der Waals surface area contributed by atoms with Crippen molar-refractivity contribution in [2.75, 3.05) is 4.90 Å². The summed E-state index contributed by atoms with van der Waals surface area (Å²) in [6.07, 6.45) is 0. The van der Waals surface area contributed by atoms with E-state index < -0.39 is 23.9 Å². The van der Waals surface area contributed by atoms with Crippen LogP contribution in [0.3, 0.4) is 0 Å². The van der Waals surface area contributed by atoms with Crippen LogP contribution in [0.1, 0.15) is 59.5 Å². The molecule has 0 N–H and O–H groups in total. The van der Waals surface area contributed by atoms with E-state index in [0.717, 1.165) is 27.0 Å². The first kappa shape index (κ1) is 19.7. The van der Waals surface area contributed by atoms with Crippen LogP contribution in [0.25, 0.3) is 21.2 Å². The molecule has 188 valence electrons. The molecule has 0 aliphatic rings. The van der Waals surface area contributed by atoms with Gasteiger partial charge in [-0.25, -0.2) is 4.39 Å². The van der Waals surface area contributed by atoms with E-state index in [1.54, 1.807) is 17.4 Å². The van der Waals surface area contributed by atoms with E-state index in [1.165, 1.54) is 17.7 Å². The van der Waals surface area contributed by atoms with Crippen molar-refractivity contribution < 1.29 is 11.2 Å². The molecule has 4 aromatic carbocycles. The van der Waals surface area contributed by atoms with Crippen molar-refractivity contribution in [3.05, 3.63) is 113 Å². The lowest BCUT2D eigenvalue weighted by Gasteiger charge is -2.27. The van der Waals surface area contributed by atoms with Gasteiger partial charge in [-0.2, -0.15) is 0 Å². The highest BCUT2D eigenvalue weighted by Gasteiger charge is 2.22. The van der Waals surface area contributed by atoms with Crippen molar-refractivity contribution >= 4 is 38.5 Å². The zero-order valence-electron chi connectivity index (χ0n) is 27.1. The van der Waals surface area contributed by atoms with E-state index in [0.29, 0.717) is 5.69 Å². The third kappa shape index (κ3) is 5.19. The van der Waals surface area contributed by atoms with Crippen LogP contribution in [-0.4, -0.2) is 0 Å². The molecule has 0 unspecified atom stereocenters. The molecular formula is C34H34FNS. The van der Waals surface area contributed by atoms with Crippen LogP contribution >= 0.6 is 11.3 Å². The number of hydrogen-bond donors (Lipinski definition) is 0. The maximum Gasteiger partial charge on any atom is 0.125 e. The SMILES string of the molecule is [2H]c1c([2H])c([2H])c(-c2cc(F)cc(N(c3ccc(C(C)(C)C)cc3)c3csc4ccc(C(C)(C)C)cc34)c2)c([2H])c1[2H]. The van der Waals surface area contributed by atoms with E-state index in [2.05, 4.69) is 77.3 Å². The second kappa shape index (κ2) is 9.46. The summed E-state index contributed by atoms with van der Waals surface area (Å²) >= 11 is 1.61. The van der Waals surface area contributed by atoms with E-state index in [-0.39, 0.29) is 34.0 Å². The van der Waals surface area contributed by atoms with Crippen LogP contribution in [0.5, 0.6) is 0 Å². The predicted molar refractivity (Wildman–Crippen MR) is 159 cm³/mol. The predicted octanol–water partition coefficient (Wildman–Crippen LogP) is 10.8. The molecule has 1 nitrogen and oxygen atoms in total. The highest BCUT2D eigenvalue weighted by atomic mass is 32.1. The Hall–Kier alpha value is -3.43. The maximum absolute atomic E-state index is 15.5. The van der Waals surface area contributed by atoms with Gasteiger partial charge in [0.2, 0.25) is 0 Å². The number of anilines is 3. The van der Waals surface area contributed by atoms with Gasteiger partial charge in [-0.1, -0.05) is 90.0 Å². The summed E-state index contributed by atoms with van der Waals surface area (Å²) in [4.78, 5) is 1.99. The van der Waals surface area contributed by atoms with E-state index in [9.17, 15) is 0 Å². The van der Waals surface area contributed by atoms with Gasteiger partial charge in [-0.05, 0) is 75.5 Å². The number of hydrogen-bond acceptors (Lipinski definition) is 2. The maximum atomic E-state index is 15.5. The largest absolute Gasteiger partial charge is 0.309 e. The molecule has 5 rings (SSSR count). The zero-order valence-corrected chi connectivity index (χ0v) is 22.9. The Bertz CT molecular complexity index is 1780. The Kier molecular flexibility index (Phi) is 5.03. The highest BCUT2D eigenvalue weighted by Crippen LogP contribution is 2.44. The Balaban J connectivity index is 1.79. The Morgan fingerprint density at radius 3 is 2.00 bits per heavy atom. The molecule has 5 aromatic rings. The van der Waals surface area contributed by atoms with Crippen LogP contribution in [0.4, 0.5) is 21.5 Å². The van der Waals surface area contributed by atoms with Crippen molar-refractivity contribution in [2.24, 2.45) is 0 Å². The fourth-order valence-corrected chi connectivity index (χ4v) is 5.34. The molecule has 1 heterocycles. The minimum atomic E-state index is -0.569. The van der Waals surface area contributed by atoms with E-state index in [4.69, 9.17) is 6.85 Å². The number of rotatable bonds is 4. The number of halogens is 1. The smallest absolute Gasteiger partial charge is 0.125 e. The number of benzene rings is 4. The molecule has 0 saturated carbocycles. The van der Waals surface area contributed by atoms with Crippen molar-refractivity contribution in [2.45, 2.75) is 52.4 Å². The number of thiophene rings is 1. The first-order valence-corrected chi connectivity index (χ1v) is 13.3. The minimum absolute atomic E-state index is 0.0324. The van der Waals surface area contributed by atoms with Gasteiger partial charge in [0, 0.05) is 26.8 Å². The quantitative estimate of drug-likeness (QED) is 0.231. The Morgan fingerprint density at radius 1 is 0.703 bits per heavy atom. The second-order valence-corrected chi connectivity index (χ2v) is 12.3. The van der Waals surface area contributed by atoms with Crippen LogP contribution in [0, 0.1) is 5.82 Å². The average Bonchev–Trinajstić information content (AvgIpc) is 3.33. The molecule has 0 fully saturated rings. The van der Waals surface area contributed by atoms with Crippen LogP contribution in [0.15, 0.2) is 96.3 Å². The standard InChI is InChI=1S/C34H34FNS/c1-33(2,3)25-12-15-28(16-13-25)36(29-19-24(18-27(35)21-29)23-10-8-7-9-11-23)31-22-37-32-17-14-26(20-30(31)32)34(4,5)6/h7-22H,1-6H3/i7D,8D,9D,10D,11D. The van der Waals surface area contributed by atoms with Crippen molar-refractivity contribution in [1.82, 2.24) is 0 Å². The lowest BCUT2D eigenvalue weighted by molar-refractivity contribution is 0.590. The number of nitrogens with zero attached hydrogens (tertiary/aromatic N) is 1. The fourth-order valence-electron chi connectivity index (χ4n) is 4.44. The summed E-state index contributed by atoms with van der Waals surface area (Å²) in [5, 5.41) is 3.09. The molecule has 0 bridgehead atoms. The van der Waals surface area contributed by atoms with Gasteiger partial charge in [0.05, 0.1) is 12.5 Å². The zero-order chi connectivity index (χ0) is 30.7. The topological polar surface area (TPSA) is 3.24 Å². The van der Waals surface area contributed by atoms with Gasteiger partial charge >= 0.3 is 0 Å². The lowest BCUT2D eigenvalue weighted by atomic mass is 9.86. The lowest BCUT2D eigenvalue weighted by Crippen LogP contribution is -2.13. The monoisotopic (exact) mass is 512 g/mol. The van der Waals surface area contributed by atoms with Gasteiger partial charge in [-0.3, -0.25) is 0 Å². The summed E-state index contributed by atoms with van der Waals surface area (Å²) in [5.41, 5.74) is 4.59. The van der Waals surface area contributed by atoms with Gasteiger partial charge in [0.25, 0.3) is 0 Å². The van der Waals surface area contributed by atoms with Gasteiger partial charge in [0.1, 0.15) is 5.82 Å². The second-order valence-electron chi connectivity index (χ2n) is 11.4. The summed E-state index contributed by atoms with van der Waals surface area (Å²) < 4.78 is 57.8. The summed E-state index contributed by atoms with van der Waals surface area (Å²) in [6, 6.07) is 16.9.